The van der Waals surface area contributed by atoms with Crippen molar-refractivity contribution in [1.82, 2.24) is 4.90 Å². The zero-order chi connectivity index (χ0) is 8.97. The molecule has 1 heterocycles. The van der Waals surface area contributed by atoms with Crippen LogP contribution in [-0.2, 0) is 0 Å². The number of hydrogen-bond acceptors (Lipinski definition) is 2. The van der Waals surface area contributed by atoms with Crippen molar-refractivity contribution in [3.05, 3.63) is 0 Å². The van der Waals surface area contributed by atoms with Gasteiger partial charge in [0.1, 0.15) is 0 Å². The largest absolute Gasteiger partial charge is 0.392 e. The number of hydrogen-bond donors (Lipinski definition) is 1. The van der Waals surface area contributed by atoms with Crippen LogP contribution in [-0.4, -0.2) is 41.1 Å². The highest BCUT2D eigenvalue weighted by atomic mass is 79.9. The molecule has 1 aliphatic heterocycles. The van der Waals surface area contributed by atoms with Crippen molar-refractivity contribution in [3.63, 3.8) is 0 Å². The summed E-state index contributed by atoms with van der Waals surface area (Å²) >= 11 is 3.42. The van der Waals surface area contributed by atoms with Gasteiger partial charge in [0.05, 0.1) is 6.10 Å². The van der Waals surface area contributed by atoms with Crippen LogP contribution in [0.25, 0.3) is 0 Å². The summed E-state index contributed by atoms with van der Waals surface area (Å²) in [6.45, 7) is 5.36. The normalized spacial score (nSPS) is 32.2. The molecule has 0 unspecified atom stereocenters. The molecule has 2 nitrogen and oxygen atoms in total. The van der Waals surface area contributed by atoms with Crippen LogP contribution in [0.2, 0.25) is 0 Å². The quantitative estimate of drug-likeness (QED) is 0.750. The van der Waals surface area contributed by atoms with Crippen LogP contribution in [0.1, 0.15) is 19.8 Å². The van der Waals surface area contributed by atoms with E-state index in [1.165, 1.54) is 6.42 Å². The first kappa shape index (κ1) is 10.5. The Morgan fingerprint density at radius 2 is 2.25 bits per heavy atom. The van der Waals surface area contributed by atoms with Gasteiger partial charge >= 0.3 is 0 Å². The first-order valence-corrected chi connectivity index (χ1v) is 5.81. The molecule has 1 fully saturated rings. The lowest BCUT2D eigenvalue weighted by Gasteiger charge is -2.33. The number of nitrogens with zero attached hydrogens (tertiary/aromatic N) is 1. The van der Waals surface area contributed by atoms with Crippen molar-refractivity contribution < 1.29 is 5.11 Å². The van der Waals surface area contributed by atoms with Crippen molar-refractivity contribution in [2.24, 2.45) is 5.92 Å². The molecule has 1 rings (SSSR count). The van der Waals surface area contributed by atoms with Crippen LogP contribution in [0.3, 0.4) is 0 Å². The SMILES string of the molecule is C[C@@H]1C[C@H](O)CN(CCCBr)C1. The zero-order valence-corrected chi connectivity index (χ0v) is 9.26. The molecule has 72 valence electrons. The molecule has 2 atom stereocenters. The maximum absolute atomic E-state index is 9.50. The van der Waals surface area contributed by atoms with Gasteiger partial charge in [0.2, 0.25) is 0 Å². The third-order valence-electron chi connectivity index (χ3n) is 2.32. The molecule has 1 N–H and O–H groups in total. The van der Waals surface area contributed by atoms with Crippen LogP contribution in [0.4, 0.5) is 0 Å². The van der Waals surface area contributed by atoms with Gasteiger partial charge in [-0.15, -0.1) is 0 Å². The van der Waals surface area contributed by atoms with E-state index in [2.05, 4.69) is 27.8 Å². The molecule has 0 radical (unpaired) electrons. The number of β-amino-alcohol motifs (C(OH)–C–C–N with tert-alkyl or cyclic N) is 1. The van der Waals surface area contributed by atoms with E-state index in [-0.39, 0.29) is 6.10 Å². The number of alkyl halides is 1. The molecule has 1 aliphatic rings. The van der Waals surface area contributed by atoms with Gasteiger partial charge in [0, 0.05) is 18.4 Å². The van der Waals surface area contributed by atoms with Crippen LogP contribution in [0.5, 0.6) is 0 Å². The van der Waals surface area contributed by atoms with E-state index in [0.29, 0.717) is 5.92 Å². The predicted molar refractivity (Wildman–Crippen MR) is 54.6 cm³/mol. The molecule has 0 aromatic heterocycles. The summed E-state index contributed by atoms with van der Waals surface area (Å²) in [4.78, 5) is 2.36. The standard InChI is InChI=1S/C9H18BrNO/c1-8-5-9(12)7-11(6-8)4-2-3-10/h8-9,12H,2-7H2,1H3/t8-,9+/m1/s1. The van der Waals surface area contributed by atoms with Crippen LogP contribution < -0.4 is 0 Å². The number of rotatable bonds is 3. The zero-order valence-electron chi connectivity index (χ0n) is 7.67. The van der Waals surface area contributed by atoms with Gasteiger partial charge in [-0.3, -0.25) is 0 Å². The second-order valence-corrected chi connectivity index (χ2v) is 4.59. The van der Waals surface area contributed by atoms with E-state index in [9.17, 15) is 5.11 Å². The monoisotopic (exact) mass is 235 g/mol. The summed E-state index contributed by atoms with van der Waals surface area (Å²) in [6, 6.07) is 0. The van der Waals surface area contributed by atoms with Crippen LogP contribution in [0, 0.1) is 5.92 Å². The predicted octanol–water partition coefficient (Wildman–Crippen LogP) is 1.47. The van der Waals surface area contributed by atoms with Crippen LogP contribution >= 0.6 is 15.9 Å². The molecular weight excluding hydrogens is 218 g/mol. The van der Waals surface area contributed by atoms with Gasteiger partial charge in [0.25, 0.3) is 0 Å². The average molecular weight is 236 g/mol. The molecule has 0 bridgehead atoms. The number of piperidine rings is 1. The summed E-state index contributed by atoms with van der Waals surface area (Å²) in [5.74, 6) is 0.657. The Bertz CT molecular complexity index is 122. The van der Waals surface area contributed by atoms with Crippen molar-refractivity contribution in [2.45, 2.75) is 25.9 Å². The molecular formula is C9H18BrNO. The summed E-state index contributed by atoms with van der Waals surface area (Å²) < 4.78 is 0. The molecule has 12 heavy (non-hydrogen) atoms. The van der Waals surface area contributed by atoms with Crippen LogP contribution in [0.15, 0.2) is 0 Å². The van der Waals surface area contributed by atoms with E-state index >= 15 is 0 Å². The first-order chi connectivity index (χ1) is 5.72. The molecule has 0 aromatic rings. The average Bonchev–Trinajstić information content (AvgIpc) is 1.99. The third kappa shape index (κ3) is 3.42. The highest BCUT2D eigenvalue weighted by Gasteiger charge is 2.21. The maximum Gasteiger partial charge on any atom is 0.0670 e. The van der Waals surface area contributed by atoms with Gasteiger partial charge in [-0.05, 0) is 25.3 Å². The Morgan fingerprint density at radius 3 is 2.83 bits per heavy atom. The first-order valence-electron chi connectivity index (χ1n) is 4.68. The van der Waals surface area contributed by atoms with Crippen molar-refractivity contribution in [3.8, 4) is 0 Å². The van der Waals surface area contributed by atoms with Crippen molar-refractivity contribution in [2.75, 3.05) is 25.0 Å². The maximum atomic E-state index is 9.50. The number of aliphatic hydroxyl groups is 1. The smallest absolute Gasteiger partial charge is 0.0670 e. The molecule has 1 saturated heterocycles. The highest BCUT2D eigenvalue weighted by Crippen LogP contribution is 2.16. The van der Waals surface area contributed by atoms with Gasteiger partial charge in [-0.25, -0.2) is 0 Å². The van der Waals surface area contributed by atoms with E-state index < -0.39 is 0 Å². The van der Waals surface area contributed by atoms with Crippen molar-refractivity contribution in [1.29, 1.82) is 0 Å². The lowest BCUT2D eigenvalue weighted by atomic mass is 9.98. The van der Waals surface area contributed by atoms with Gasteiger partial charge in [0.15, 0.2) is 0 Å². The van der Waals surface area contributed by atoms with Crippen molar-refractivity contribution >= 4 is 15.9 Å². The Labute approximate surface area is 83.1 Å². The van der Waals surface area contributed by atoms with E-state index in [4.69, 9.17) is 0 Å². The molecule has 0 amide bonds. The minimum Gasteiger partial charge on any atom is -0.392 e. The molecule has 0 aliphatic carbocycles. The highest BCUT2D eigenvalue weighted by molar-refractivity contribution is 9.09. The minimum atomic E-state index is -0.0934. The summed E-state index contributed by atoms with van der Waals surface area (Å²) in [7, 11) is 0. The summed E-state index contributed by atoms with van der Waals surface area (Å²) in [6.07, 6.45) is 2.06. The van der Waals surface area contributed by atoms with Gasteiger partial charge in [-0.2, -0.15) is 0 Å². The summed E-state index contributed by atoms with van der Waals surface area (Å²) in [5, 5.41) is 10.6. The number of halogens is 1. The topological polar surface area (TPSA) is 23.5 Å². The fraction of sp³-hybridized carbons (Fsp3) is 1.00. The third-order valence-corrected chi connectivity index (χ3v) is 2.88. The Hall–Kier alpha value is 0.400. The Morgan fingerprint density at radius 1 is 1.50 bits per heavy atom. The molecule has 0 spiro atoms. The fourth-order valence-corrected chi connectivity index (χ4v) is 2.14. The summed E-state index contributed by atoms with van der Waals surface area (Å²) in [5.41, 5.74) is 0. The molecule has 0 saturated carbocycles. The molecule has 0 aromatic carbocycles. The number of aliphatic hydroxyl groups excluding tert-OH is 1. The van der Waals surface area contributed by atoms with E-state index in [1.54, 1.807) is 0 Å². The van der Waals surface area contributed by atoms with E-state index in [0.717, 1.165) is 31.4 Å². The number of likely N-dealkylation sites (tertiary alicyclic amines) is 1. The molecule has 3 heteroatoms. The van der Waals surface area contributed by atoms with Gasteiger partial charge < -0.3 is 10.0 Å². The van der Waals surface area contributed by atoms with Gasteiger partial charge in [-0.1, -0.05) is 22.9 Å². The lowest BCUT2D eigenvalue weighted by Crippen LogP contribution is -2.42. The Kier molecular flexibility index (Phi) is 4.54. The second kappa shape index (κ2) is 5.20. The van der Waals surface area contributed by atoms with E-state index in [1.807, 2.05) is 0 Å². The lowest BCUT2D eigenvalue weighted by molar-refractivity contribution is 0.0451. The Balaban J connectivity index is 2.24. The minimum absolute atomic E-state index is 0.0934. The fourth-order valence-electron chi connectivity index (χ4n) is 1.89. The second-order valence-electron chi connectivity index (χ2n) is 3.80.